The third kappa shape index (κ3) is 5.16. The molecule has 0 saturated heterocycles. The first-order chi connectivity index (χ1) is 6.97. The summed E-state index contributed by atoms with van der Waals surface area (Å²) in [5.41, 5.74) is 0. The van der Waals surface area contributed by atoms with Gasteiger partial charge in [0.1, 0.15) is 19.0 Å². The van der Waals surface area contributed by atoms with Gasteiger partial charge in [0.05, 0.1) is 6.42 Å². The van der Waals surface area contributed by atoms with Crippen LogP contribution in [0, 0.1) is 0 Å². The van der Waals surface area contributed by atoms with Gasteiger partial charge in [0.25, 0.3) is 0 Å². The second-order valence-electron chi connectivity index (χ2n) is 2.86. The van der Waals surface area contributed by atoms with Crippen molar-refractivity contribution in [2.75, 3.05) is 13.2 Å². The fraction of sp³-hybridized carbons (Fsp3) is 0.500. The summed E-state index contributed by atoms with van der Waals surface area (Å²) in [5.74, 6) is -0.0372. The zero-order chi connectivity index (χ0) is 11.3. The molecule has 0 radical (unpaired) electrons. The third-order valence-corrected chi connectivity index (χ3v) is 1.45. The van der Waals surface area contributed by atoms with Crippen LogP contribution in [0.1, 0.15) is 5.82 Å². The van der Waals surface area contributed by atoms with Gasteiger partial charge in [0.2, 0.25) is 0 Å². The van der Waals surface area contributed by atoms with E-state index in [1.165, 1.54) is 12.4 Å². The van der Waals surface area contributed by atoms with Gasteiger partial charge >= 0.3 is 6.18 Å². The van der Waals surface area contributed by atoms with Crippen LogP contribution in [0.15, 0.2) is 12.4 Å². The van der Waals surface area contributed by atoms with Gasteiger partial charge in [0, 0.05) is 12.4 Å². The molecule has 4 nitrogen and oxygen atoms in total. The van der Waals surface area contributed by atoms with E-state index in [4.69, 9.17) is 0 Å². The summed E-state index contributed by atoms with van der Waals surface area (Å²) in [7, 11) is 0. The molecule has 0 aliphatic carbocycles. The minimum absolute atomic E-state index is 0.0507. The number of hydrogen-bond donors (Lipinski definition) is 1. The molecule has 0 aliphatic rings. The molecule has 0 unspecified atom stereocenters. The van der Waals surface area contributed by atoms with Crippen LogP contribution in [0.25, 0.3) is 0 Å². The number of H-pyrrole nitrogens is 1. The summed E-state index contributed by atoms with van der Waals surface area (Å²) in [6.07, 6.45) is -1.46. The molecule has 0 saturated carbocycles. The molecule has 0 bridgehead atoms. The summed E-state index contributed by atoms with van der Waals surface area (Å²) >= 11 is 0. The molecule has 0 aromatic carbocycles. The Kier molecular flexibility index (Phi) is 3.84. The van der Waals surface area contributed by atoms with E-state index < -0.39 is 25.2 Å². The number of carbonyl (C=O) groups excluding carboxylic acids is 1. The van der Waals surface area contributed by atoms with Crippen LogP contribution in [0.2, 0.25) is 0 Å². The molecule has 0 amide bonds. The van der Waals surface area contributed by atoms with Gasteiger partial charge in [-0.1, -0.05) is 0 Å². The van der Waals surface area contributed by atoms with Gasteiger partial charge in [0.15, 0.2) is 5.78 Å². The quantitative estimate of drug-likeness (QED) is 0.811. The monoisotopic (exact) mass is 222 g/mol. The van der Waals surface area contributed by atoms with Crippen molar-refractivity contribution in [2.24, 2.45) is 0 Å². The van der Waals surface area contributed by atoms with Crippen LogP contribution in [-0.4, -0.2) is 35.1 Å². The average Bonchev–Trinajstić information content (AvgIpc) is 2.54. The van der Waals surface area contributed by atoms with Crippen molar-refractivity contribution in [1.29, 1.82) is 0 Å². The van der Waals surface area contributed by atoms with E-state index in [0.29, 0.717) is 5.82 Å². The molecule has 1 rings (SSSR count). The van der Waals surface area contributed by atoms with E-state index in [1.54, 1.807) is 0 Å². The molecule has 84 valence electrons. The number of rotatable bonds is 5. The Labute approximate surface area is 83.5 Å². The Morgan fingerprint density at radius 2 is 2.27 bits per heavy atom. The lowest BCUT2D eigenvalue weighted by Gasteiger charge is -2.06. The maximum atomic E-state index is 11.6. The zero-order valence-corrected chi connectivity index (χ0v) is 7.67. The van der Waals surface area contributed by atoms with Crippen LogP contribution in [0.5, 0.6) is 0 Å². The number of carbonyl (C=O) groups is 1. The molecule has 0 fully saturated rings. The molecule has 15 heavy (non-hydrogen) atoms. The van der Waals surface area contributed by atoms with Gasteiger partial charge in [-0.05, 0) is 0 Å². The molecule has 1 aromatic heterocycles. The number of ketones is 1. The number of hydrogen-bond acceptors (Lipinski definition) is 3. The molecule has 7 heteroatoms. The number of ether oxygens (including phenoxy) is 1. The lowest BCUT2D eigenvalue weighted by atomic mass is 10.3. The topological polar surface area (TPSA) is 55.0 Å². The highest BCUT2D eigenvalue weighted by Gasteiger charge is 2.27. The number of aromatic amines is 1. The van der Waals surface area contributed by atoms with E-state index >= 15 is 0 Å². The molecule has 0 spiro atoms. The number of alkyl halides is 3. The first kappa shape index (κ1) is 11.7. The maximum Gasteiger partial charge on any atom is 0.411 e. The van der Waals surface area contributed by atoms with Gasteiger partial charge in [-0.15, -0.1) is 0 Å². The van der Waals surface area contributed by atoms with Crippen molar-refractivity contribution in [1.82, 2.24) is 9.97 Å². The van der Waals surface area contributed by atoms with Gasteiger partial charge in [-0.25, -0.2) is 4.98 Å². The van der Waals surface area contributed by atoms with Crippen molar-refractivity contribution in [3.05, 3.63) is 18.2 Å². The normalized spacial score (nSPS) is 11.7. The minimum Gasteiger partial charge on any atom is -0.364 e. The van der Waals surface area contributed by atoms with Gasteiger partial charge in [-0.3, -0.25) is 4.79 Å². The summed E-state index contributed by atoms with van der Waals surface area (Å²) in [6.45, 7) is -1.96. The van der Waals surface area contributed by atoms with Crippen molar-refractivity contribution in [3.63, 3.8) is 0 Å². The Hall–Kier alpha value is -1.37. The average molecular weight is 222 g/mol. The summed E-state index contributed by atoms with van der Waals surface area (Å²) in [5, 5.41) is 0. The maximum absolute atomic E-state index is 11.6. The predicted molar refractivity (Wildman–Crippen MR) is 44.2 cm³/mol. The van der Waals surface area contributed by atoms with E-state index in [1.807, 2.05) is 0 Å². The highest BCUT2D eigenvalue weighted by atomic mass is 19.4. The Morgan fingerprint density at radius 3 is 2.80 bits per heavy atom. The van der Waals surface area contributed by atoms with Crippen molar-refractivity contribution < 1.29 is 22.7 Å². The van der Waals surface area contributed by atoms with Crippen LogP contribution in [0.4, 0.5) is 13.2 Å². The van der Waals surface area contributed by atoms with Crippen molar-refractivity contribution in [2.45, 2.75) is 12.6 Å². The number of Topliss-reactive ketones (excluding diaryl/α,β-unsaturated/α-hetero) is 1. The molecule has 1 aromatic rings. The zero-order valence-electron chi connectivity index (χ0n) is 7.67. The van der Waals surface area contributed by atoms with Gasteiger partial charge in [-0.2, -0.15) is 13.2 Å². The van der Waals surface area contributed by atoms with Crippen LogP contribution in [0.3, 0.4) is 0 Å². The molecular weight excluding hydrogens is 213 g/mol. The molecule has 0 atom stereocenters. The standard InChI is InChI=1S/C8H9F3N2O2/c9-8(10,11)5-15-4-6(14)3-7-12-1-2-13-7/h1-2H,3-5H2,(H,12,13). The Balaban J connectivity index is 2.20. The molecule has 0 aliphatic heterocycles. The van der Waals surface area contributed by atoms with Crippen LogP contribution >= 0.6 is 0 Å². The minimum atomic E-state index is -4.40. The summed E-state index contributed by atoms with van der Waals surface area (Å²) in [4.78, 5) is 17.5. The molecule has 1 N–H and O–H groups in total. The lowest BCUT2D eigenvalue weighted by molar-refractivity contribution is -0.175. The highest BCUT2D eigenvalue weighted by molar-refractivity contribution is 5.81. The van der Waals surface area contributed by atoms with E-state index in [9.17, 15) is 18.0 Å². The first-order valence-electron chi connectivity index (χ1n) is 4.12. The number of imidazole rings is 1. The first-order valence-corrected chi connectivity index (χ1v) is 4.12. The largest absolute Gasteiger partial charge is 0.411 e. The molecule has 1 heterocycles. The Bertz CT molecular complexity index is 308. The Morgan fingerprint density at radius 1 is 1.53 bits per heavy atom. The number of nitrogens with one attached hydrogen (secondary N) is 1. The fourth-order valence-electron chi connectivity index (χ4n) is 0.913. The number of nitrogens with zero attached hydrogens (tertiary/aromatic N) is 1. The number of halogens is 3. The molecular formula is C8H9F3N2O2. The summed E-state index contributed by atoms with van der Waals surface area (Å²) < 4.78 is 39.1. The second-order valence-corrected chi connectivity index (χ2v) is 2.86. The van der Waals surface area contributed by atoms with E-state index in [0.717, 1.165) is 0 Å². The van der Waals surface area contributed by atoms with Crippen LogP contribution < -0.4 is 0 Å². The lowest BCUT2D eigenvalue weighted by Crippen LogP contribution is -2.21. The highest BCUT2D eigenvalue weighted by Crippen LogP contribution is 2.14. The number of aromatic nitrogens is 2. The summed E-state index contributed by atoms with van der Waals surface area (Å²) in [6, 6.07) is 0. The fourth-order valence-corrected chi connectivity index (χ4v) is 0.913. The third-order valence-electron chi connectivity index (χ3n) is 1.45. The van der Waals surface area contributed by atoms with Crippen LogP contribution in [-0.2, 0) is 16.0 Å². The van der Waals surface area contributed by atoms with Gasteiger partial charge < -0.3 is 9.72 Å². The SMILES string of the molecule is O=C(COCC(F)(F)F)Cc1ncc[nH]1. The van der Waals surface area contributed by atoms with Crippen molar-refractivity contribution >= 4 is 5.78 Å². The van der Waals surface area contributed by atoms with E-state index in [2.05, 4.69) is 14.7 Å². The smallest absolute Gasteiger partial charge is 0.364 e. The van der Waals surface area contributed by atoms with E-state index in [-0.39, 0.29) is 6.42 Å². The van der Waals surface area contributed by atoms with Crippen molar-refractivity contribution in [3.8, 4) is 0 Å². The predicted octanol–water partition coefficient (Wildman–Crippen LogP) is 1.10. The second kappa shape index (κ2) is 4.92.